The molecule has 3 heterocycles. The molecule has 54 heavy (non-hydrogen) atoms. The summed E-state index contributed by atoms with van der Waals surface area (Å²) < 4.78 is 6.50. The lowest BCUT2D eigenvalue weighted by Gasteiger charge is -2.42. The highest BCUT2D eigenvalue weighted by Crippen LogP contribution is 2.46. The third kappa shape index (κ3) is 10.0. The fraction of sp³-hybridized carbons (Fsp3) is 0.889. The molecule has 3 aliphatic heterocycles. The highest BCUT2D eigenvalue weighted by atomic mass is 16.5. The summed E-state index contributed by atoms with van der Waals surface area (Å²) in [5, 5.41) is 12.7. The van der Waals surface area contributed by atoms with Crippen LogP contribution in [-0.2, 0) is 19.1 Å². The summed E-state index contributed by atoms with van der Waals surface area (Å²) in [6, 6.07) is 0.0731. The second kappa shape index (κ2) is 19.6. The lowest BCUT2D eigenvalue weighted by atomic mass is 9.68. The number of amides is 3. The Morgan fingerprint density at radius 3 is 2.17 bits per heavy atom. The molecule has 4 unspecified atom stereocenters. The molecule has 7 aliphatic rings. The molecule has 4 aliphatic carbocycles. The van der Waals surface area contributed by atoms with Gasteiger partial charge in [0.15, 0.2) is 0 Å². The maximum absolute atomic E-state index is 13.2. The van der Waals surface area contributed by atoms with Gasteiger partial charge in [-0.25, -0.2) is 0 Å². The third-order valence-electron chi connectivity index (χ3n) is 15.3. The van der Waals surface area contributed by atoms with Crippen molar-refractivity contribution >= 4 is 17.7 Å². The maximum atomic E-state index is 13.2. The van der Waals surface area contributed by atoms with Crippen molar-refractivity contribution in [3.8, 4) is 0 Å². The van der Waals surface area contributed by atoms with E-state index in [1.54, 1.807) is 4.90 Å². The van der Waals surface area contributed by atoms with Crippen LogP contribution in [0.25, 0.3) is 0 Å². The average Bonchev–Trinajstić information content (AvgIpc) is 3.52. The largest absolute Gasteiger partial charge is 0.393 e. The summed E-state index contributed by atoms with van der Waals surface area (Å²) in [5.74, 6) is 2.29. The SMILES string of the molecule is CC/C(=C(\C1CCC(O)CC1)C1CCC(OCCCCCCN2CCN(C3CCC4C(=O)N(C5CCC(=O)NC5=O)CC4C3)CC2)CC1)C1CCCCC1. The van der Waals surface area contributed by atoms with Crippen molar-refractivity contribution in [3.05, 3.63) is 11.1 Å². The van der Waals surface area contributed by atoms with Gasteiger partial charge < -0.3 is 19.6 Å². The summed E-state index contributed by atoms with van der Waals surface area (Å²) >= 11 is 0. The number of piperazine rings is 1. The number of unbranched alkanes of at least 4 members (excludes halogenated alkanes) is 3. The van der Waals surface area contributed by atoms with Gasteiger partial charge in [-0.15, -0.1) is 0 Å². The molecule has 0 aromatic heterocycles. The summed E-state index contributed by atoms with van der Waals surface area (Å²) in [7, 11) is 0. The summed E-state index contributed by atoms with van der Waals surface area (Å²) in [5.41, 5.74) is 3.71. The first-order valence-corrected chi connectivity index (χ1v) is 23.0. The molecule has 2 N–H and O–H groups in total. The fourth-order valence-electron chi connectivity index (χ4n) is 12.3. The first kappa shape index (κ1) is 40.4. The van der Waals surface area contributed by atoms with E-state index in [2.05, 4.69) is 22.0 Å². The minimum atomic E-state index is -0.467. The molecule has 0 spiro atoms. The van der Waals surface area contributed by atoms with Crippen molar-refractivity contribution in [2.45, 2.75) is 179 Å². The molecule has 9 nitrogen and oxygen atoms in total. The Kier molecular flexibility index (Phi) is 14.6. The number of rotatable bonds is 14. The molecule has 0 bridgehead atoms. The zero-order chi connectivity index (χ0) is 37.4. The Balaban J connectivity index is 0.756. The van der Waals surface area contributed by atoms with Crippen LogP contribution in [0.1, 0.15) is 155 Å². The third-order valence-corrected chi connectivity index (χ3v) is 15.3. The molecule has 7 rings (SSSR count). The Labute approximate surface area is 326 Å². The van der Waals surface area contributed by atoms with Gasteiger partial charge in [0.25, 0.3) is 0 Å². The van der Waals surface area contributed by atoms with Gasteiger partial charge in [0, 0.05) is 57.7 Å². The van der Waals surface area contributed by atoms with Crippen molar-refractivity contribution in [3.63, 3.8) is 0 Å². The monoisotopic (exact) mass is 751 g/mol. The Hall–Kier alpha value is -1.81. The number of aliphatic hydroxyl groups excluding tert-OH is 1. The minimum Gasteiger partial charge on any atom is -0.393 e. The lowest BCUT2D eigenvalue weighted by Crippen LogP contribution is -2.53. The van der Waals surface area contributed by atoms with Crippen LogP contribution in [0.15, 0.2) is 11.1 Å². The standard InChI is InChI=1S/C45H74N4O5/c1-2-39(32-10-6-5-7-11-32)43(33-12-17-37(50)18-13-33)34-14-19-38(20-15-34)54-29-9-4-3-8-24-47-25-27-48(28-26-47)36-16-21-40-35(30-36)31-49(45(40)53)41-22-23-42(51)46-44(41)52/h32-38,40-41,50H,2-31H2,1H3,(H,46,51,52)/b43-39-. The number of imide groups is 1. The molecule has 0 aromatic carbocycles. The quantitative estimate of drug-likeness (QED) is 0.112. The number of likely N-dealkylation sites (tertiary alicyclic amines) is 1. The molecular weight excluding hydrogens is 677 g/mol. The van der Waals surface area contributed by atoms with Gasteiger partial charge in [0.2, 0.25) is 17.7 Å². The Morgan fingerprint density at radius 2 is 1.46 bits per heavy atom. The van der Waals surface area contributed by atoms with Crippen LogP contribution >= 0.6 is 0 Å². The molecule has 0 radical (unpaired) electrons. The number of nitrogens with zero attached hydrogens (tertiary/aromatic N) is 3. The molecule has 4 atom stereocenters. The van der Waals surface area contributed by atoms with Gasteiger partial charge in [-0.1, -0.05) is 50.2 Å². The second-order valence-electron chi connectivity index (χ2n) is 18.6. The van der Waals surface area contributed by atoms with Crippen LogP contribution in [0.4, 0.5) is 0 Å². The van der Waals surface area contributed by atoms with Crippen molar-refractivity contribution in [1.29, 1.82) is 0 Å². The van der Waals surface area contributed by atoms with E-state index in [4.69, 9.17) is 4.74 Å². The van der Waals surface area contributed by atoms with Crippen LogP contribution < -0.4 is 5.32 Å². The van der Waals surface area contributed by atoms with E-state index in [0.29, 0.717) is 43.4 Å². The predicted octanol–water partition coefficient (Wildman–Crippen LogP) is 7.01. The highest BCUT2D eigenvalue weighted by Gasteiger charge is 2.49. The molecule has 0 aromatic rings. The van der Waals surface area contributed by atoms with Gasteiger partial charge in [-0.3, -0.25) is 24.6 Å². The van der Waals surface area contributed by atoms with E-state index in [-0.39, 0.29) is 29.7 Å². The van der Waals surface area contributed by atoms with Crippen LogP contribution in [0.3, 0.4) is 0 Å². The average molecular weight is 751 g/mol. The molecule has 7 fully saturated rings. The molecule has 3 saturated heterocycles. The molecule has 3 amide bonds. The molecule has 304 valence electrons. The van der Waals surface area contributed by atoms with Crippen molar-refractivity contribution in [1.82, 2.24) is 20.0 Å². The summed E-state index contributed by atoms with van der Waals surface area (Å²) in [6.07, 6.45) is 26.9. The Morgan fingerprint density at radius 1 is 0.759 bits per heavy atom. The predicted molar refractivity (Wildman–Crippen MR) is 213 cm³/mol. The zero-order valence-electron chi connectivity index (χ0n) is 33.8. The minimum absolute atomic E-state index is 0.0528. The number of hydrogen-bond donors (Lipinski definition) is 2. The van der Waals surface area contributed by atoms with Crippen molar-refractivity contribution < 1.29 is 24.2 Å². The lowest BCUT2D eigenvalue weighted by molar-refractivity contribution is -0.144. The van der Waals surface area contributed by atoms with Gasteiger partial charge in [-0.2, -0.15) is 0 Å². The van der Waals surface area contributed by atoms with E-state index in [9.17, 15) is 19.5 Å². The number of allylic oxidation sites excluding steroid dienone is 2. The number of carbonyl (C=O) groups excluding carboxylic acids is 3. The van der Waals surface area contributed by atoms with Crippen LogP contribution in [0.2, 0.25) is 0 Å². The number of fused-ring (bicyclic) bond motifs is 1. The van der Waals surface area contributed by atoms with Gasteiger partial charge >= 0.3 is 0 Å². The fourth-order valence-corrected chi connectivity index (χ4v) is 12.3. The number of nitrogens with one attached hydrogen (secondary N) is 1. The van der Waals surface area contributed by atoms with E-state index in [1.165, 1.54) is 109 Å². The summed E-state index contributed by atoms with van der Waals surface area (Å²) in [4.78, 5) is 44.5. The smallest absolute Gasteiger partial charge is 0.249 e. The zero-order valence-corrected chi connectivity index (χ0v) is 33.8. The normalized spacial score (nSPS) is 35.5. The topological polar surface area (TPSA) is 102 Å². The Bertz CT molecular complexity index is 1270. The molecule has 9 heteroatoms. The second-order valence-corrected chi connectivity index (χ2v) is 18.6. The van der Waals surface area contributed by atoms with Gasteiger partial charge in [0.1, 0.15) is 6.04 Å². The molecular formula is C45H74N4O5. The number of carbonyl (C=O) groups is 3. The van der Waals surface area contributed by atoms with Crippen molar-refractivity contribution in [2.75, 3.05) is 45.9 Å². The highest BCUT2D eigenvalue weighted by molar-refractivity contribution is 6.02. The van der Waals surface area contributed by atoms with Crippen molar-refractivity contribution in [2.24, 2.45) is 29.6 Å². The van der Waals surface area contributed by atoms with E-state index < -0.39 is 6.04 Å². The van der Waals surface area contributed by atoms with Crippen LogP contribution in [-0.4, -0.2) is 108 Å². The number of hydrogen-bond acceptors (Lipinski definition) is 7. The van der Waals surface area contributed by atoms with E-state index in [1.807, 2.05) is 11.1 Å². The van der Waals surface area contributed by atoms with Crippen LogP contribution in [0, 0.1) is 29.6 Å². The van der Waals surface area contributed by atoms with E-state index >= 15 is 0 Å². The van der Waals surface area contributed by atoms with E-state index in [0.717, 1.165) is 76.7 Å². The van der Waals surface area contributed by atoms with Gasteiger partial charge in [0.05, 0.1) is 12.2 Å². The summed E-state index contributed by atoms with van der Waals surface area (Å²) in [6.45, 7) is 9.71. The first-order chi connectivity index (χ1) is 26.4. The number of aliphatic hydroxyl groups is 1. The molecule has 4 saturated carbocycles. The first-order valence-electron chi connectivity index (χ1n) is 23.0. The number of ether oxygens (including phenoxy) is 1. The number of piperidine rings is 1. The maximum Gasteiger partial charge on any atom is 0.249 e. The van der Waals surface area contributed by atoms with Crippen LogP contribution in [0.5, 0.6) is 0 Å². The van der Waals surface area contributed by atoms with Gasteiger partial charge in [-0.05, 0) is 139 Å².